The molecule has 0 spiro atoms. The number of rotatable bonds is 4. The van der Waals surface area contributed by atoms with E-state index in [1.165, 1.54) is 0 Å². The highest BCUT2D eigenvalue weighted by Crippen LogP contribution is 2.19. The fraction of sp³-hybridized carbons (Fsp3) is 0.231. The number of hydrogen-bond donors (Lipinski definition) is 2. The van der Waals surface area contributed by atoms with Gasteiger partial charge >= 0.3 is 0 Å². The fourth-order valence-corrected chi connectivity index (χ4v) is 1.91. The van der Waals surface area contributed by atoms with Crippen LogP contribution in [-0.2, 0) is 6.42 Å². The Morgan fingerprint density at radius 1 is 1.11 bits per heavy atom. The number of nitrogens with zero attached hydrogens (tertiary/aromatic N) is 4. The summed E-state index contributed by atoms with van der Waals surface area (Å²) in [5.74, 6) is 1.54. The molecule has 1 aromatic carbocycles. The second-order valence-electron chi connectivity index (χ2n) is 4.26. The molecule has 0 unspecified atom stereocenters. The van der Waals surface area contributed by atoms with Gasteiger partial charge < -0.3 is 5.73 Å². The predicted octanol–water partition coefficient (Wildman–Crippen LogP) is 1.31. The molecule has 0 saturated heterocycles. The first-order chi connectivity index (χ1) is 9.36. The van der Waals surface area contributed by atoms with Crippen molar-refractivity contribution in [1.29, 1.82) is 0 Å². The van der Waals surface area contributed by atoms with Gasteiger partial charge in [-0.3, -0.25) is 15.1 Å². The number of aromatic nitrogens is 5. The standard InChI is InChI=1S/C13H14N6/c14-5-1-2-12-17-13(19-18-12)9-3-4-10-11(8-9)16-7-6-15-10/h3-4,6-8H,1-2,5,14H2,(H,17,18,19). The Morgan fingerprint density at radius 3 is 2.79 bits per heavy atom. The molecule has 0 atom stereocenters. The van der Waals surface area contributed by atoms with Crippen molar-refractivity contribution >= 4 is 11.0 Å². The van der Waals surface area contributed by atoms with Gasteiger partial charge in [-0.05, 0) is 31.2 Å². The number of H-pyrrole nitrogens is 1. The van der Waals surface area contributed by atoms with Gasteiger partial charge in [0, 0.05) is 24.4 Å². The highest BCUT2D eigenvalue weighted by Gasteiger charge is 2.07. The first-order valence-corrected chi connectivity index (χ1v) is 6.19. The number of fused-ring (bicyclic) bond motifs is 1. The summed E-state index contributed by atoms with van der Waals surface area (Å²) < 4.78 is 0. The number of nitrogens with one attached hydrogen (secondary N) is 1. The van der Waals surface area contributed by atoms with E-state index in [1.54, 1.807) is 12.4 Å². The summed E-state index contributed by atoms with van der Waals surface area (Å²) in [6.07, 6.45) is 5.07. The van der Waals surface area contributed by atoms with Gasteiger partial charge in [-0.15, -0.1) is 0 Å². The summed E-state index contributed by atoms with van der Waals surface area (Å²) in [7, 11) is 0. The Labute approximate surface area is 110 Å². The van der Waals surface area contributed by atoms with Crippen molar-refractivity contribution in [2.45, 2.75) is 12.8 Å². The Balaban J connectivity index is 1.92. The minimum atomic E-state index is 0.654. The van der Waals surface area contributed by atoms with Crippen LogP contribution in [0.3, 0.4) is 0 Å². The molecule has 6 heteroatoms. The van der Waals surface area contributed by atoms with Crippen molar-refractivity contribution in [3.8, 4) is 11.4 Å². The Kier molecular flexibility index (Phi) is 3.16. The van der Waals surface area contributed by atoms with Gasteiger partial charge in [-0.25, -0.2) is 4.98 Å². The van der Waals surface area contributed by atoms with Crippen molar-refractivity contribution in [2.24, 2.45) is 5.73 Å². The van der Waals surface area contributed by atoms with E-state index < -0.39 is 0 Å². The van der Waals surface area contributed by atoms with Crippen molar-refractivity contribution < 1.29 is 0 Å². The van der Waals surface area contributed by atoms with Gasteiger partial charge in [-0.1, -0.05) is 0 Å². The van der Waals surface area contributed by atoms with Crippen molar-refractivity contribution in [3.05, 3.63) is 36.4 Å². The van der Waals surface area contributed by atoms with Gasteiger partial charge in [0.15, 0.2) is 5.82 Å². The molecule has 0 aliphatic carbocycles. The van der Waals surface area contributed by atoms with Gasteiger partial charge in [0.25, 0.3) is 0 Å². The lowest BCUT2D eigenvalue weighted by molar-refractivity contribution is 0.785. The smallest absolute Gasteiger partial charge is 0.181 e. The van der Waals surface area contributed by atoms with E-state index in [2.05, 4.69) is 25.1 Å². The Hall–Kier alpha value is -2.34. The average Bonchev–Trinajstić information content (AvgIpc) is 2.93. The topological polar surface area (TPSA) is 93.4 Å². The van der Waals surface area contributed by atoms with Crippen LogP contribution in [0.2, 0.25) is 0 Å². The summed E-state index contributed by atoms with van der Waals surface area (Å²) in [5, 5.41) is 7.16. The third-order valence-electron chi connectivity index (χ3n) is 2.88. The zero-order valence-corrected chi connectivity index (χ0v) is 10.4. The fourth-order valence-electron chi connectivity index (χ4n) is 1.91. The lowest BCUT2D eigenvalue weighted by Crippen LogP contribution is -2.01. The molecule has 0 aliphatic heterocycles. The van der Waals surface area contributed by atoms with E-state index in [9.17, 15) is 0 Å². The molecule has 3 rings (SSSR count). The van der Waals surface area contributed by atoms with E-state index in [1.807, 2.05) is 18.2 Å². The first kappa shape index (κ1) is 11.7. The Bertz CT molecular complexity index is 690. The Morgan fingerprint density at radius 2 is 1.95 bits per heavy atom. The summed E-state index contributed by atoms with van der Waals surface area (Å²) in [4.78, 5) is 13.0. The van der Waals surface area contributed by atoms with Crippen LogP contribution >= 0.6 is 0 Å². The van der Waals surface area contributed by atoms with E-state index in [4.69, 9.17) is 5.73 Å². The summed E-state index contributed by atoms with van der Waals surface area (Å²) in [5.41, 5.74) is 8.12. The normalized spacial score (nSPS) is 11.0. The average molecular weight is 254 g/mol. The van der Waals surface area contributed by atoms with E-state index in [-0.39, 0.29) is 0 Å². The molecule has 6 nitrogen and oxygen atoms in total. The van der Waals surface area contributed by atoms with Crippen molar-refractivity contribution in [3.63, 3.8) is 0 Å². The van der Waals surface area contributed by atoms with E-state index in [0.29, 0.717) is 12.4 Å². The molecule has 0 aliphatic rings. The van der Waals surface area contributed by atoms with Crippen LogP contribution in [0, 0.1) is 0 Å². The van der Waals surface area contributed by atoms with Gasteiger partial charge in [0.2, 0.25) is 0 Å². The number of nitrogens with two attached hydrogens (primary N) is 1. The van der Waals surface area contributed by atoms with E-state index in [0.717, 1.165) is 35.3 Å². The third-order valence-corrected chi connectivity index (χ3v) is 2.88. The molecule has 0 bridgehead atoms. The second-order valence-corrected chi connectivity index (χ2v) is 4.26. The third kappa shape index (κ3) is 2.43. The summed E-state index contributed by atoms with van der Waals surface area (Å²) in [6, 6.07) is 5.82. The molecule has 3 aromatic rings. The predicted molar refractivity (Wildman–Crippen MR) is 72.3 cm³/mol. The molecule has 19 heavy (non-hydrogen) atoms. The lowest BCUT2D eigenvalue weighted by Gasteiger charge is -1.98. The maximum absolute atomic E-state index is 5.48. The molecule has 3 N–H and O–H groups in total. The molecule has 0 radical (unpaired) electrons. The summed E-state index contributed by atoms with van der Waals surface area (Å²) >= 11 is 0. The van der Waals surface area contributed by atoms with Crippen LogP contribution in [0.1, 0.15) is 12.2 Å². The quantitative estimate of drug-likeness (QED) is 0.732. The monoisotopic (exact) mass is 254 g/mol. The molecule has 0 saturated carbocycles. The molecule has 0 fully saturated rings. The van der Waals surface area contributed by atoms with Gasteiger partial charge in [0.05, 0.1) is 11.0 Å². The minimum Gasteiger partial charge on any atom is -0.330 e. The van der Waals surface area contributed by atoms with Gasteiger partial charge in [-0.2, -0.15) is 5.10 Å². The van der Waals surface area contributed by atoms with Crippen LogP contribution in [0.25, 0.3) is 22.4 Å². The maximum atomic E-state index is 5.48. The molecule has 2 heterocycles. The zero-order valence-electron chi connectivity index (χ0n) is 10.4. The maximum Gasteiger partial charge on any atom is 0.181 e. The van der Waals surface area contributed by atoms with Crippen LogP contribution in [0.4, 0.5) is 0 Å². The highest BCUT2D eigenvalue weighted by atomic mass is 15.2. The molecule has 0 amide bonds. The second kappa shape index (κ2) is 5.11. The van der Waals surface area contributed by atoms with Crippen LogP contribution in [0.5, 0.6) is 0 Å². The molecule has 96 valence electrons. The molecule has 2 aromatic heterocycles. The molecular formula is C13H14N6. The van der Waals surface area contributed by atoms with Crippen molar-refractivity contribution in [1.82, 2.24) is 25.1 Å². The van der Waals surface area contributed by atoms with Crippen LogP contribution in [-0.4, -0.2) is 31.7 Å². The largest absolute Gasteiger partial charge is 0.330 e. The van der Waals surface area contributed by atoms with Crippen LogP contribution in [0.15, 0.2) is 30.6 Å². The number of aryl methyl sites for hydroxylation is 1. The first-order valence-electron chi connectivity index (χ1n) is 6.19. The number of benzene rings is 1. The van der Waals surface area contributed by atoms with E-state index >= 15 is 0 Å². The van der Waals surface area contributed by atoms with Gasteiger partial charge in [0.1, 0.15) is 5.82 Å². The molecular weight excluding hydrogens is 240 g/mol. The highest BCUT2D eigenvalue weighted by molar-refractivity contribution is 5.79. The SMILES string of the molecule is NCCCc1nc(-c2ccc3nccnc3c2)n[nH]1. The van der Waals surface area contributed by atoms with Crippen molar-refractivity contribution in [2.75, 3.05) is 6.54 Å². The van der Waals surface area contributed by atoms with Crippen LogP contribution < -0.4 is 5.73 Å². The lowest BCUT2D eigenvalue weighted by atomic mass is 10.2. The minimum absolute atomic E-state index is 0.654. The number of hydrogen-bond acceptors (Lipinski definition) is 5. The number of aromatic amines is 1. The summed E-state index contributed by atoms with van der Waals surface area (Å²) in [6.45, 7) is 0.654. The zero-order chi connectivity index (χ0) is 13.1.